The molecule has 0 aromatic carbocycles. The average molecular weight is 345 g/mol. The van der Waals surface area contributed by atoms with E-state index in [0.29, 0.717) is 4.34 Å². The molecule has 0 aliphatic rings. The molecular formula is C13H13ClN2O3S2. The maximum atomic E-state index is 12.0. The summed E-state index contributed by atoms with van der Waals surface area (Å²) < 4.78 is 0.661. The number of halogens is 1. The number of hydrogen-bond donors (Lipinski definition) is 2. The van der Waals surface area contributed by atoms with Crippen molar-refractivity contribution in [1.29, 1.82) is 0 Å². The molecule has 2 heterocycles. The molecule has 0 unspecified atom stereocenters. The third-order valence-electron chi connectivity index (χ3n) is 2.79. The Kier molecular flexibility index (Phi) is 4.65. The summed E-state index contributed by atoms with van der Waals surface area (Å²) in [5, 5.41) is 14.0. The summed E-state index contributed by atoms with van der Waals surface area (Å²) in [5.41, 5.74) is -0.740. The van der Waals surface area contributed by atoms with E-state index >= 15 is 0 Å². The van der Waals surface area contributed by atoms with Crippen molar-refractivity contribution >= 4 is 46.2 Å². The van der Waals surface area contributed by atoms with E-state index in [-0.39, 0.29) is 18.1 Å². The lowest BCUT2D eigenvalue weighted by Crippen LogP contribution is -2.39. The molecule has 0 fully saturated rings. The van der Waals surface area contributed by atoms with E-state index in [9.17, 15) is 9.59 Å². The summed E-state index contributed by atoms with van der Waals surface area (Å²) in [6.45, 7) is 3.14. The number of amides is 1. The Balaban J connectivity index is 2.04. The van der Waals surface area contributed by atoms with Crippen molar-refractivity contribution in [3.05, 3.63) is 27.5 Å². The van der Waals surface area contributed by atoms with Gasteiger partial charge in [-0.2, -0.15) is 0 Å². The van der Waals surface area contributed by atoms with Crippen LogP contribution in [0.25, 0.3) is 9.88 Å². The number of aromatic nitrogens is 1. The molecule has 0 aliphatic heterocycles. The SMILES string of the molecule is CC(C)(CNC(=O)c1csc(-c2ccc(Cl)s2)n1)C(=O)O. The van der Waals surface area contributed by atoms with E-state index in [1.54, 1.807) is 25.3 Å². The molecule has 0 spiro atoms. The smallest absolute Gasteiger partial charge is 0.310 e. The van der Waals surface area contributed by atoms with E-state index in [4.69, 9.17) is 16.7 Å². The number of rotatable bonds is 5. The zero-order chi connectivity index (χ0) is 15.6. The topological polar surface area (TPSA) is 79.3 Å². The van der Waals surface area contributed by atoms with E-state index in [1.807, 2.05) is 6.07 Å². The summed E-state index contributed by atoms with van der Waals surface area (Å²) in [6.07, 6.45) is 0. The second-order valence-electron chi connectivity index (χ2n) is 5.01. The molecule has 0 radical (unpaired) electrons. The Hall–Kier alpha value is -1.44. The minimum atomic E-state index is -1.02. The third-order valence-corrected chi connectivity index (χ3v) is 5.03. The van der Waals surface area contributed by atoms with Gasteiger partial charge in [0.05, 0.1) is 14.6 Å². The predicted octanol–water partition coefficient (Wildman–Crippen LogP) is 3.37. The highest BCUT2D eigenvalue weighted by Gasteiger charge is 2.28. The van der Waals surface area contributed by atoms with Gasteiger partial charge >= 0.3 is 5.97 Å². The highest BCUT2D eigenvalue weighted by atomic mass is 35.5. The first-order valence-corrected chi connectivity index (χ1v) is 8.10. The van der Waals surface area contributed by atoms with Gasteiger partial charge in [0, 0.05) is 11.9 Å². The van der Waals surface area contributed by atoms with Gasteiger partial charge in [0.2, 0.25) is 0 Å². The van der Waals surface area contributed by atoms with Crippen LogP contribution in [-0.4, -0.2) is 28.5 Å². The van der Waals surface area contributed by atoms with Crippen LogP contribution in [0.1, 0.15) is 24.3 Å². The van der Waals surface area contributed by atoms with Gasteiger partial charge < -0.3 is 10.4 Å². The number of thiophene rings is 1. The van der Waals surface area contributed by atoms with Gasteiger partial charge in [-0.1, -0.05) is 11.6 Å². The zero-order valence-electron chi connectivity index (χ0n) is 11.3. The molecular weight excluding hydrogens is 332 g/mol. The first-order valence-electron chi connectivity index (χ1n) is 6.02. The number of hydrogen-bond acceptors (Lipinski definition) is 5. The van der Waals surface area contributed by atoms with Crippen LogP contribution in [0, 0.1) is 5.41 Å². The largest absolute Gasteiger partial charge is 0.481 e. The Bertz CT molecular complexity index is 679. The van der Waals surface area contributed by atoms with Crippen LogP contribution in [0.2, 0.25) is 4.34 Å². The zero-order valence-corrected chi connectivity index (χ0v) is 13.7. The summed E-state index contributed by atoms with van der Waals surface area (Å²) in [5.74, 6) is -1.34. The van der Waals surface area contributed by atoms with Crippen molar-refractivity contribution in [2.24, 2.45) is 5.41 Å². The van der Waals surface area contributed by atoms with Crippen LogP contribution in [0.3, 0.4) is 0 Å². The molecule has 2 aromatic rings. The second-order valence-corrected chi connectivity index (χ2v) is 7.59. The Labute approximate surface area is 134 Å². The van der Waals surface area contributed by atoms with Crippen molar-refractivity contribution in [2.75, 3.05) is 6.54 Å². The van der Waals surface area contributed by atoms with Crippen LogP contribution >= 0.6 is 34.3 Å². The maximum Gasteiger partial charge on any atom is 0.310 e. The molecule has 21 heavy (non-hydrogen) atoms. The monoisotopic (exact) mass is 344 g/mol. The Morgan fingerprint density at radius 2 is 2.14 bits per heavy atom. The average Bonchev–Trinajstić information content (AvgIpc) is 3.04. The van der Waals surface area contributed by atoms with Crippen molar-refractivity contribution in [2.45, 2.75) is 13.8 Å². The van der Waals surface area contributed by atoms with Gasteiger partial charge in [-0.05, 0) is 26.0 Å². The molecule has 2 aromatic heterocycles. The number of carboxylic acid groups (broad SMARTS) is 1. The van der Waals surface area contributed by atoms with Crippen molar-refractivity contribution in [3.8, 4) is 9.88 Å². The van der Waals surface area contributed by atoms with Crippen LogP contribution in [-0.2, 0) is 4.79 Å². The van der Waals surface area contributed by atoms with Crippen molar-refractivity contribution in [3.63, 3.8) is 0 Å². The first kappa shape index (κ1) is 15.9. The van der Waals surface area contributed by atoms with Crippen LogP contribution in [0.15, 0.2) is 17.5 Å². The number of aliphatic carboxylic acids is 1. The lowest BCUT2D eigenvalue weighted by molar-refractivity contribution is -0.146. The van der Waals surface area contributed by atoms with Crippen LogP contribution in [0.5, 0.6) is 0 Å². The minimum Gasteiger partial charge on any atom is -0.481 e. The highest BCUT2D eigenvalue weighted by molar-refractivity contribution is 7.23. The van der Waals surface area contributed by atoms with Crippen LogP contribution < -0.4 is 5.32 Å². The molecule has 8 heteroatoms. The Morgan fingerprint density at radius 1 is 1.43 bits per heavy atom. The quantitative estimate of drug-likeness (QED) is 0.871. The molecule has 0 saturated carbocycles. The molecule has 112 valence electrons. The molecule has 0 aliphatic carbocycles. The van der Waals surface area contributed by atoms with E-state index in [0.717, 1.165) is 9.88 Å². The number of thiazole rings is 1. The van der Waals surface area contributed by atoms with Gasteiger partial charge in [0.15, 0.2) is 0 Å². The van der Waals surface area contributed by atoms with Gasteiger partial charge in [-0.25, -0.2) is 4.98 Å². The molecule has 0 bridgehead atoms. The Morgan fingerprint density at radius 3 is 2.71 bits per heavy atom. The molecule has 5 nitrogen and oxygen atoms in total. The number of nitrogens with one attached hydrogen (secondary N) is 1. The fourth-order valence-corrected chi connectivity index (χ4v) is 3.30. The van der Waals surface area contributed by atoms with Crippen LogP contribution in [0.4, 0.5) is 0 Å². The summed E-state index contributed by atoms with van der Waals surface area (Å²) in [6, 6.07) is 3.62. The van der Waals surface area contributed by atoms with E-state index in [2.05, 4.69) is 10.3 Å². The van der Waals surface area contributed by atoms with Gasteiger partial charge in [0.25, 0.3) is 5.91 Å². The standard InChI is InChI=1S/C13H13ClN2O3S2/c1-13(2,12(18)19)6-15-10(17)7-5-20-11(16-7)8-3-4-9(14)21-8/h3-5H,6H2,1-2H3,(H,15,17)(H,18,19). The van der Waals surface area contributed by atoms with Gasteiger partial charge in [-0.15, -0.1) is 22.7 Å². The fourth-order valence-electron chi connectivity index (χ4n) is 1.39. The molecule has 1 amide bonds. The molecule has 2 rings (SSSR count). The predicted molar refractivity (Wildman–Crippen MR) is 84.2 cm³/mol. The fraction of sp³-hybridized carbons (Fsp3) is 0.308. The van der Waals surface area contributed by atoms with Crippen molar-refractivity contribution in [1.82, 2.24) is 10.3 Å². The highest BCUT2D eigenvalue weighted by Crippen LogP contribution is 2.32. The first-order chi connectivity index (χ1) is 9.79. The van der Waals surface area contributed by atoms with Gasteiger partial charge in [-0.3, -0.25) is 9.59 Å². The molecule has 0 atom stereocenters. The summed E-state index contributed by atoms with van der Waals surface area (Å²) >= 11 is 8.61. The molecule has 2 N–H and O–H groups in total. The second kappa shape index (κ2) is 6.13. The lowest BCUT2D eigenvalue weighted by Gasteiger charge is -2.18. The third kappa shape index (κ3) is 3.81. The van der Waals surface area contributed by atoms with Gasteiger partial charge in [0.1, 0.15) is 10.7 Å². The number of carboxylic acids is 1. The van der Waals surface area contributed by atoms with E-state index < -0.39 is 11.4 Å². The lowest BCUT2D eigenvalue weighted by atomic mass is 9.94. The number of nitrogens with zero attached hydrogens (tertiary/aromatic N) is 1. The summed E-state index contributed by atoms with van der Waals surface area (Å²) in [4.78, 5) is 28.1. The summed E-state index contributed by atoms with van der Waals surface area (Å²) in [7, 11) is 0. The van der Waals surface area contributed by atoms with E-state index in [1.165, 1.54) is 22.7 Å². The molecule has 0 saturated heterocycles. The minimum absolute atomic E-state index is 0.0405. The van der Waals surface area contributed by atoms with Crippen molar-refractivity contribution < 1.29 is 14.7 Å². The number of carbonyl (C=O) groups excluding carboxylic acids is 1. The number of carbonyl (C=O) groups is 2. The normalized spacial score (nSPS) is 11.4. The maximum absolute atomic E-state index is 12.0.